The van der Waals surface area contributed by atoms with E-state index in [1.54, 1.807) is 12.5 Å². The van der Waals surface area contributed by atoms with Gasteiger partial charge in [0.1, 0.15) is 12.1 Å². The van der Waals surface area contributed by atoms with Crippen molar-refractivity contribution in [1.29, 1.82) is 0 Å². The molecule has 21 heavy (non-hydrogen) atoms. The van der Waals surface area contributed by atoms with E-state index in [4.69, 9.17) is 0 Å². The normalized spacial score (nSPS) is 24.7. The topological polar surface area (TPSA) is 42.7 Å². The number of hydrogen-bond donors (Lipinski definition) is 1. The van der Waals surface area contributed by atoms with E-state index >= 15 is 0 Å². The third-order valence-corrected chi connectivity index (χ3v) is 4.27. The average Bonchev–Trinajstić information content (AvgIpc) is 2.91. The Morgan fingerprint density at radius 3 is 2.76 bits per heavy atom. The Labute approximate surface area is 126 Å². The van der Waals surface area contributed by atoms with Gasteiger partial charge in [-0.15, -0.1) is 0 Å². The molecule has 4 heteroatoms. The average molecular weight is 284 g/mol. The minimum Gasteiger partial charge on any atom is -0.381 e. The first kappa shape index (κ1) is 14.1. The number of anilines is 1. The number of aromatic nitrogens is 3. The molecule has 0 spiro atoms. The van der Waals surface area contributed by atoms with Crippen LogP contribution in [-0.4, -0.2) is 20.6 Å². The van der Waals surface area contributed by atoms with Crippen LogP contribution in [0.2, 0.25) is 0 Å². The highest BCUT2D eigenvalue weighted by molar-refractivity contribution is 5.44. The van der Waals surface area contributed by atoms with Crippen LogP contribution >= 0.6 is 0 Å². The van der Waals surface area contributed by atoms with E-state index in [1.807, 2.05) is 23.0 Å². The molecular formula is C17H24N4. The zero-order valence-electron chi connectivity index (χ0n) is 13.1. The Morgan fingerprint density at radius 2 is 2.14 bits per heavy atom. The van der Waals surface area contributed by atoms with Crippen LogP contribution in [0.25, 0.3) is 5.82 Å². The summed E-state index contributed by atoms with van der Waals surface area (Å²) in [6, 6.07) is 4.68. The minimum absolute atomic E-state index is 0.430. The zero-order valence-corrected chi connectivity index (χ0v) is 13.1. The van der Waals surface area contributed by atoms with E-state index in [0.29, 0.717) is 11.5 Å². The lowest BCUT2D eigenvalue weighted by molar-refractivity contribution is 0.178. The second-order valence-corrected chi connectivity index (χ2v) is 7.13. The molecule has 1 aliphatic rings. The Hall–Kier alpha value is -1.84. The molecular weight excluding hydrogens is 260 g/mol. The molecule has 1 aliphatic carbocycles. The lowest BCUT2D eigenvalue weighted by atomic mass is 9.70. The molecule has 0 aliphatic heterocycles. The van der Waals surface area contributed by atoms with Crippen LogP contribution in [0.4, 0.5) is 5.69 Å². The number of rotatable bonds is 3. The summed E-state index contributed by atoms with van der Waals surface area (Å²) in [7, 11) is 0. The third kappa shape index (κ3) is 3.43. The number of imidazole rings is 1. The summed E-state index contributed by atoms with van der Waals surface area (Å²) in [5.41, 5.74) is 1.54. The molecule has 0 radical (unpaired) electrons. The van der Waals surface area contributed by atoms with E-state index < -0.39 is 0 Å². The number of hydrogen-bond acceptors (Lipinski definition) is 3. The largest absolute Gasteiger partial charge is 0.381 e. The quantitative estimate of drug-likeness (QED) is 0.929. The van der Waals surface area contributed by atoms with Gasteiger partial charge >= 0.3 is 0 Å². The van der Waals surface area contributed by atoms with Gasteiger partial charge in [0.2, 0.25) is 0 Å². The van der Waals surface area contributed by atoms with Crippen molar-refractivity contribution < 1.29 is 0 Å². The van der Waals surface area contributed by atoms with Gasteiger partial charge in [0, 0.05) is 18.4 Å². The molecule has 1 fully saturated rings. The van der Waals surface area contributed by atoms with Gasteiger partial charge in [-0.25, -0.2) is 9.97 Å². The molecule has 0 bridgehead atoms. The van der Waals surface area contributed by atoms with E-state index in [0.717, 1.165) is 17.4 Å². The van der Waals surface area contributed by atoms with Crippen molar-refractivity contribution in [1.82, 2.24) is 14.5 Å². The number of pyridine rings is 1. The minimum atomic E-state index is 0.430. The van der Waals surface area contributed by atoms with Crippen LogP contribution in [0.15, 0.2) is 37.1 Å². The summed E-state index contributed by atoms with van der Waals surface area (Å²) >= 11 is 0. The molecule has 1 saturated carbocycles. The second-order valence-electron chi connectivity index (χ2n) is 7.13. The fraction of sp³-hybridized carbons (Fsp3) is 0.529. The Kier molecular flexibility index (Phi) is 3.70. The van der Waals surface area contributed by atoms with Gasteiger partial charge in [0.15, 0.2) is 0 Å². The SMILES string of the molecule is CC1CC(Nc2ccc(-n3ccnc3)nc2)CC(C)(C)C1. The molecule has 3 rings (SSSR count). The highest BCUT2D eigenvalue weighted by Crippen LogP contribution is 2.39. The predicted octanol–water partition coefficient (Wildman–Crippen LogP) is 3.89. The monoisotopic (exact) mass is 284 g/mol. The second kappa shape index (κ2) is 5.51. The van der Waals surface area contributed by atoms with Crippen LogP contribution in [0.1, 0.15) is 40.0 Å². The maximum Gasteiger partial charge on any atom is 0.137 e. The molecule has 0 aromatic carbocycles. The molecule has 2 atom stereocenters. The van der Waals surface area contributed by atoms with Crippen LogP contribution in [0.5, 0.6) is 0 Å². The summed E-state index contributed by atoms with van der Waals surface area (Å²) in [5.74, 6) is 1.68. The van der Waals surface area contributed by atoms with Crippen LogP contribution in [-0.2, 0) is 0 Å². The van der Waals surface area contributed by atoms with E-state index in [2.05, 4.69) is 42.1 Å². The summed E-state index contributed by atoms with van der Waals surface area (Å²) < 4.78 is 1.91. The Balaban J connectivity index is 1.68. The van der Waals surface area contributed by atoms with E-state index in [-0.39, 0.29) is 0 Å². The highest BCUT2D eigenvalue weighted by Gasteiger charge is 2.31. The predicted molar refractivity (Wildman–Crippen MR) is 85.6 cm³/mol. The maximum absolute atomic E-state index is 4.50. The molecule has 0 saturated heterocycles. The molecule has 2 aromatic rings. The van der Waals surface area contributed by atoms with Gasteiger partial charge in [-0.1, -0.05) is 20.8 Å². The smallest absolute Gasteiger partial charge is 0.137 e. The highest BCUT2D eigenvalue weighted by atomic mass is 15.1. The van der Waals surface area contributed by atoms with Crippen molar-refractivity contribution in [3.05, 3.63) is 37.1 Å². The zero-order chi connectivity index (χ0) is 14.9. The van der Waals surface area contributed by atoms with Gasteiger partial charge in [0.25, 0.3) is 0 Å². The van der Waals surface area contributed by atoms with Crippen molar-refractivity contribution >= 4 is 5.69 Å². The van der Waals surface area contributed by atoms with Gasteiger partial charge in [-0.3, -0.25) is 4.57 Å². The molecule has 0 amide bonds. The van der Waals surface area contributed by atoms with Crippen LogP contribution in [0, 0.1) is 11.3 Å². The summed E-state index contributed by atoms with van der Waals surface area (Å²) in [5, 5.41) is 3.65. The lowest BCUT2D eigenvalue weighted by Gasteiger charge is -2.39. The van der Waals surface area contributed by atoms with Crippen LogP contribution in [0.3, 0.4) is 0 Å². The summed E-state index contributed by atoms with van der Waals surface area (Å²) in [6.45, 7) is 7.10. The first-order valence-corrected chi connectivity index (χ1v) is 7.73. The van der Waals surface area contributed by atoms with Gasteiger partial charge in [-0.05, 0) is 42.7 Å². The first-order chi connectivity index (χ1) is 10.0. The van der Waals surface area contributed by atoms with Gasteiger partial charge in [0.05, 0.1) is 11.9 Å². The third-order valence-electron chi connectivity index (χ3n) is 4.27. The molecule has 2 heterocycles. The number of nitrogens with zero attached hydrogens (tertiary/aromatic N) is 3. The maximum atomic E-state index is 4.50. The van der Waals surface area contributed by atoms with Crippen molar-refractivity contribution in [2.24, 2.45) is 11.3 Å². The van der Waals surface area contributed by atoms with Crippen LogP contribution < -0.4 is 5.32 Å². The molecule has 112 valence electrons. The lowest BCUT2D eigenvalue weighted by Crippen LogP contribution is -2.35. The molecule has 2 aromatic heterocycles. The molecule has 1 N–H and O–H groups in total. The molecule has 4 nitrogen and oxygen atoms in total. The molecule has 2 unspecified atom stereocenters. The standard InChI is InChI=1S/C17H24N4/c1-13-8-15(10-17(2,3)9-13)20-14-4-5-16(19-11-14)21-7-6-18-12-21/h4-7,11-13,15,20H,8-10H2,1-3H3. The number of nitrogens with one attached hydrogen (secondary N) is 1. The first-order valence-electron chi connectivity index (χ1n) is 7.73. The van der Waals surface area contributed by atoms with Crippen molar-refractivity contribution in [2.45, 2.75) is 46.1 Å². The summed E-state index contributed by atoms with van der Waals surface area (Å²) in [6.07, 6.45) is 11.1. The van der Waals surface area contributed by atoms with E-state index in [1.165, 1.54) is 19.3 Å². The summed E-state index contributed by atoms with van der Waals surface area (Å²) in [4.78, 5) is 8.55. The van der Waals surface area contributed by atoms with Crippen molar-refractivity contribution in [3.8, 4) is 5.82 Å². The van der Waals surface area contributed by atoms with Crippen molar-refractivity contribution in [2.75, 3.05) is 5.32 Å². The fourth-order valence-corrected chi connectivity index (χ4v) is 3.71. The van der Waals surface area contributed by atoms with E-state index in [9.17, 15) is 0 Å². The van der Waals surface area contributed by atoms with Gasteiger partial charge in [-0.2, -0.15) is 0 Å². The Bertz CT molecular complexity index is 571. The Morgan fingerprint density at radius 1 is 1.29 bits per heavy atom. The van der Waals surface area contributed by atoms with Crippen molar-refractivity contribution in [3.63, 3.8) is 0 Å². The van der Waals surface area contributed by atoms with Gasteiger partial charge < -0.3 is 5.32 Å². The fourth-order valence-electron chi connectivity index (χ4n) is 3.71.